The predicted molar refractivity (Wildman–Crippen MR) is 119 cm³/mol. The first kappa shape index (κ1) is 19.7. The van der Waals surface area contributed by atoms with Gasteiger partial charge in [-0.15, -0.1) is 0 Å². The number of hydrogen-bond donors (Lipinski definition) is 0. The predicted octanol–water partition coefficient (Wildman–Crippen LogP) is 4.20. The molecule has 1 aromatic heterocycles. The summed E-state index contributed by atoms with van der Waals surface area (Å²) in [5, 5.41) is 1.07. The van der Waals surface area contributed by atoms with Gasteiger partial charge in [0.05, 0.1) is 23.2 Å². The van der Waals surface area contributed by atoms with E-state index in [-0.39, 0.29) is 5.91 Å². The fraction of sp³-hybridized carbons (Fsp3) is 0.391. The van der Waals surface area contributed by atoms with E-state index in [4.69, 9.17) is 9.72 Å². The van der Waals surface area contributed by atoms with Gasteiger partial charge in [0.25, 0.3) is 0 Å². The second kappa shape index (κ2) is 8.41. The summed E-state index contributed by atoms with van der Waals surface area (Å²) in [6, 6.07) is 12.1. The number of nitrogens with zero attached hydrogens (tertiary/aromatic N) is 3. The van der Waals surface area contributed by atoms with E-state index in [1.54, 1.807) is 11.3 Å². The Balaban J connectivity index is 1.37. The molecule has 3 aromatic rings. The fourth-order valence-electron chi connectivity index (χ4n) is 3.69. The highest BCUT2D eigenvalue weighted by Crippen LogP contribution is 2.33. The lowest BCUT2D eigenvalue weighted by Crippen LogP contribution is -2.49. The van der Waals surface area contributed by atoms with Gasteiger partial charge >= 0.3 is 0 Å². The summed E-state index contributed by atoms with van der Waals surface area (Å²) in [7, 11) is 0. The molecule has 2 aromatic carbocycles. The van der Waals surface area contributed by atoms with E-state index in [0.29, 0.717) is 13.0 Å². The number of fused-ring (bicyclic) bond motifs is 1. The van der Waals surface area contributed by atoms with E-state index in [9.17, 15) is 4.79 Å². The van der Waals surface area contributed by atoms with E-state index < -0.39 is 0 Å². The van der Waals surface area contributed by atoms with E-state index in [2.05, 4.69) is 30.9 Å². The van der Waals surface area contributed by atoms with Gasteiger partial charge in [0.15, 0.2) is 5.13 Å². The molecule has 2 heterocycles. The number of benzene rings is 2. The van der Waals surface area contributed by atoms with Gasteiger partial charge in [-0.2, -0.15) is 0 Å². The summed E-state index contributed by atoms with van der Waals surface area (Å²) in [5.41, 5.74) is 4.63. The molecule has 1 aliphatic heterocycles. The molecule has 29 heavy (non-hydrogen) atoms. The standard InChI is InChI=1S/C23H27N3O2S/c1-4-28-19-9-7-18(8-10-19)15-20(27)25-11-13-26(14-12-25)23-24-21-16(2)5-6-17(3)22(21)29-23/h5-10H,4,11-15H2,1-3H3. The number of carbonyl (C=O) groups excluding carboxylic acids is 1. The molecule has 1 saturated heterocycles. The van der Waals surface area contributed by atoms with Gasteiger partial charge in [0.2, 0.25) is 5.91 Å². The number of aromatic nitrogens is 1. The lowest BCUT2D eigenvalue weighted by molar-refractivity contribution is -0.130. The maximum atomic E-state index is 12.7. The van der Waals surface area contributed by atoms with Crippen LogP contribution < -0.4 is 9.64 Å². The number of thiazole rings is 1. The summed E-state index contributed by atoms with van der Waals surface area (Å²) in [5.74, 6) is 1.03. The first-order valence-corrected chi connectivity index (χ1v) is 11.0. The monoisotopic (exact) mass is 409 g/mol. The SMILES string of the molecule is CCOc1ccc(CC(=O)N2CCN(c3nc4c(C)ccc(C)c4s3)CC2)cc1. The molecule has 0 atom stereocenters. The van der Waals surface area contributed by atoms with Crippen LogP contribution in [-0.2, 0) is 11.2 Å². The van der Waals surface area contributed by atoms with Crippen molar-refractivity contribution in [2.24, 2.45) is 0 Å². The van der Waals surface area contributed by atoms with Crippen molar-refractivity contribution in [2.45, 2.75) is 27.2 Å². The van der Waals surface area contributed by atoms with Crippen molar-refractivity contribution in [3.05, 3.63) is 53.1 Å². The van der Waals surface area contributed by atoms with Gasteiger partial charge in [-0.05, 0) is 49.6 Å². The third-order valence-corrected chi connectivity index (χ3v) is 6.67. The highest BCUT2D eigenvalue weighted by molar-refractivity contribution is 7.22. The summed E-state index contributed by atoms with van der Waals surface area (Å²) in [4.78, 5) is 21.9. The Hall–Kier alpha value is -2.60. The third-order valence-electron chi connectivity index (χ3n) is 5.42. The number of aryl methyl sites for hydroxylation is 2. The third kappa shape index (κ3) is 4.22. The Morgan fingerprint density at radius 1 is 1.03 bits per heavy atom. The topological polar surface area (TPSA) is 45.7 Å². The lowest BCUT2D eigenvalue weighted by Gasteiger charge is -2.34. The van der Waals surface area contributed by atoms with E-state index in [1.165, 1.54) is 15.8 Å². The zero-order valence-electron chi connectivity index (χ0n) is 17.3. The number of carbonyl (C=O) groups is 1. The van der Waals surface area contributed by atoms with Gasteiger partial charge < -0.3 is 14.5 Å². The van der Waals surface area contributed by atoms with Crippen LogP contribution in [0.15, 0.2) is 36.4 Å². The molecule has 5 nitrogen and oxygen atoms in total. The molecule has 0 aliphatic carbocycles. The molecule has 4 rings (SSSR count). The van der Waals surface area contributed by atoms with E-state index >= 15 is 0 Å². The minimum atomic E-state index is 0.185. The van der Waals surface area contributed by atoms with Crippen LogP contribution in [0.3, 0.4) is 0 Å². The molecule has 0 unspecified atom stereocenters. The molecule has 1 fully saturated rings. The highest BCUT2D eigenvalue weighted by Gasteiger charge is 2.23. The number of anilines is 1. The molecule has 6 heteroatoms. The second-order valence-electron chi connectivity index (χ2n) is 7.50. The molecule has 0 radical (unpaired) electrons. The Morgan fingerprint density at radius 2 is 1.72 bits per heavy atom. The zero-order chi connectivity index (χ0) is 20.4. The Labute approximate surface area is 175 Å². The van der Waals surface area contributed by atoms with Crippen molar-refractivity contribution >= 4 is 32.6 Å². The lowest BCUT2D eigenvalue weighted by atomic mass is 10.1. The quantitative estimate of drug-likeness (QED) is 0.633. The molecule has 152 valence electrons. The number of rotatable bonds is 5. The zero-order valence-corrected chi connectivity index (χ0v) is 18.1. The van der Waals surface area contributed by atoms with Gasteiger partial charge in [-0.25, -0.2) is 4.98 Å². The van der Waals surface area contributed by atoms with Gasteiger partial charge in [-0.1, -0.05) is 35.6 Å². The van der Waals surface area contributed by atoms with Crippen molar-refractivity contribution < 1.29 is 9.53 Å². The van der Waals surface area contributed by atoms with Crippen LogP contribution in [0.25, 0.3) is 10.2 Å². The largest absolute Gasteiger partial charge is 0.494 e. The molecule has 0 N–H and O–H groups in total. The van der Waals surface area contributed by atoms with Crippen molar-refractivity contribution in [3.8, 4) is 5.75 Å². The van der Waals surface area contributed by atoms with Crippen LogP contribution in [0.4, 0.5) is 5.13 Å². The van der Waals surface area contributed by atoms with Crippen molar-refractivity contribution in [1.29, 1.82) is 0 Å². The fourth-order valence-corrected chi connectivity index (χ4v) is 4.85. The smallest absolute Gasteiger partial charge is 0.227 e. The van der Waals surface area contributed by atoms with Crippen molar-refractivity contribution in [1.82, 2.24) is 9.88 Å². The molecule has 1 aliphatic rings. The molecule has 0 bridgehead atoms. The highest BCUT2D eigenvalue weighted by atomic mass is 32.1. The number of amides is 1. The van der Waals surface area contributed by atoms with Crippen LogP contribution in [0.2, 0.25) is 0 Å². The maximum absolute atomic E-state index is 12.7. The normalized spacial score (nSPS) is 14.4. The Bertz CT molecular complexity index is 966. The molecular formula is C23H27N3O2S. The van der Waals surface area contributed by atoms with Crippen LogP contribution in [0, 0.1) is 13.8 Å². The maximum Gasteiger partial charge on any atom is 0.227 e. The summed E-state index contributed by atoms with van der Waals surface area (Å²) in [6.45, 7) is 10.0. The minimum Gasteiger partial charge on any atom is -0.494 e. The number of ether oxygens (including phenoxy) is 1. The average molecular weight is 410 g/mol. The first-order valence-electron chi connectivity index (χ1n) is 10.2. The number of hydrogen-bond acceptors (Lipinski definition) is 5. The van der Waals surface area contributed by atoms with E-state index in [0.717, 1.165) is 48.1 Å². The van der Waals surface area contributed by atoms with Crippen LogP contribution in [0.1, 0.15) is 23.6 Å². The molecule has 0 saturated carbocycles. The average Bonchev–Trinajstić information content (AvgIpc) is 3.19. The Morgan fingerprint density at radius 3 is 2.38 bits per heavy atom. The van der Waals surface area contributed by atoms with Crippen molar-refractivity contribution in [3.63, 3.8) is 0 Å². The molecular weight excluding hydrogens is 382 g/mol. The Kier molecular flexibility index (Phi) is 5.72. The van der Waals surface area contributed by atoms with Gasteiger partial charge in [-0.3, -0.25) is 4.79 Å². The van der Waals surface area contributed by atoms with Crippen LogP contribution in [-0.4, -0.2) is 48.6 Å². The van der Waals surface area contributed by atoms with Gasteiger partial charge in [0, 0.05) is 26.2 Å². The summed E-state index contributed by atoms with van der Waals surface area (Å²) in [6.07, 6.45) is 0.436. The number of piperazine rings is 1. The van der Waals surface area contributed by atoms with Crippen LogP contribution >= 0.6 is 11.3 Å². The van der Waals surface area contributed by atoms with Gasteiger partial charge in [0.1, 0.15) is 5.75 Å². The molecule has 1 amide bonds. The summed E-state index contributed by atoms with van der Waals surface area (Å²) >= 11 is 1.76. The second-order valence-corrected chi connectivity index (χ2v) is 8.47. The van der Waals surface area contributed by atoms with E-state index in [1.807, 2.05) is 36.1 Å². The van der Waals surface area contributed by atoms with Crippen molar-refractivity contribution in [2.75, 3.05) is 37.7 Å². The minimum absolute atomic E-state index is 0.185. The summed E-state index contributed by atoms with van der Waals surface area (Å²) < 4.78 is 6.74. The van der Waals surface area contributed by atoms with Crippen LogP contribution in [0.5, 0.6) is 5.75 Å². The molecule has 0 spiro atoms. The first-order chi connectivity index (χ1) is 14.0.